The van der Waals surface area contributed by atoms with Gasteiger partial charge in [0.15, 0.2) is 11.0 Å². The van der Waals surface area contributed by atoms with Gasteiger partial charge in [-0.2, -0.15) is 0 Å². The number of aromatic nitrogens is 3. The maximum Gasteiger partial charge on any atom is 0.251 e. The van der Waals surface area contributed by atoms with E-state index in [0.717, 1.165) is 12.2 Å². The fourth-order valence-electron chi connectivity index (χ4n) is 4.17. The van der Waals surface area contributed by atoms with Crippen molar-refractivity contribution in [2.24, 2.45) is 0 Å². The number of carbonyl (C=O) groups is 1. The summed E-state index contributed by atoms with van der Waals surface area (Å²) in [5, 5.41) is 13.6. The van der Waals surface area contributed by atoms with E-state index in [9.17, 15) is 4.79 Å². The third-order valence-electron chi connectivity index (χ3n) is 6.41. The lowest BCUT2D eigenvalue weighted by Crippen LogP contribution is -2.24. The van der Waals surface area contributed by atoms with E-state index in [1.54, 1.807) is 23.9 Å². The van der Waals surface area contributed by atoms with Crippen molar-refractivity contribution in [1.29, 1.82) is 0 Å². The number of rotatable bonds is 12. The second-order valence-corrected chi connectivity index (χ2v) is 11.0. The first kappa shape index (κ1) is 28.2. The van der Waals surface area contributed by atoms with E-state index in [0.29, 0.717) is 32.3 Å². The molecule has 1 aromatic heterocycles. The molecule has 1 amide bonds. The summed E-state index contributed by atoms with van der Waals surface area (Å²) in [6.45, 7) is 4.51. The van der Waals surface area contributed by atoms with Crippen molar-refractivity contribution >= 4 is 40.9 Å². The molecule has 0 atom stereocenters. The zero-order valence-electron chi connectivity index (χ0n) is 21.7. The van der Waals surface area contributed by atoms with Crippen LogP contribution in [0.15, 0.2) is 71.9 Å². The Kier molecular flexibility index (Phi) is 10.3. The van der Waals surface area contributed by atoms with Gasteiger partial charge in [-0.05, 0) is 66.8 Å². The molecular weight excluding hydrogens is 535 g/mol. The van der Waals surface area contributed by atoms with Crippen molar-refractivity contribution in [3.8, 4) is 5.69 Å². The summed E-state index contributed by atoms with van der Waals surface area (Å²) >= 11 is 14.3. The predicted octanol–water partition coefficient (Wildman–Crippen LogP) is 8.23. The Morgan fingerprint density at radius 3 is 2.50 bits per heavy atom. The number of benzene rings is 3. The minimum atomic E-state index is -0.159. The molecule has 3 aromatic carbocycles. The molecule has 0 aliphatic carbocycles. The highest BCUT2D eigenvalue weighted by atomic mass is 35.5. The first-order chi connectivity index (χ1) is 18.5. The number of thioether (sulfide) groups is 1. The quantitative estimate of drug-likeness (QED) is 0.138. The molecule has 0 bridgehead atoms. The average molecular weight is 568 g/mol. The Hall–Kier alpha value is -2.80. The highest BCUT2D eigenvalue weighted by Crippen LogP contribution is 2.31. The summed E-state index contributed by atoms with van der Waals surface area (Å²) in [6.07, 6.45) is 5.94. The van der Waals surface area contributed by atoms with Gasteiger partial charge < -0.3 is 5.32 Å². The second kappa shape index (κ2) is 13.8. The highest BCUT2D eigenvalue weighted by Gasteiger charge is 2.18. The van der Waals surface area contributed by atoms with Crippen LogP contribution in [-0.2, 0) is 18.7 Å². The van der Waals surface area contributed by atoms with E-state index in [1.165, 1.54) is 42.4 Å². The lowest BCUT2D eigenvalue weighted by molar-refractivity contribution is 0.0949. The van der Waals surface area contributed by atoms with E-state index in [2.05, 4.69) is 41.5 Å². The number of hydrogen-bond donors (Lipinski definition) is 1. The van der Waals surface area contributed by atoms with Crippen LogP contribution in [0.5, 0.6) is 0 Å². The van der Waals surface area contributed by atoms with Gasteiger partial charge in [0.1, 0.15) is 0 Å². The molecule has 0 saturated heterocycles. The van der Waals surface area contributed by atoms with Crippen LogP contribution < -0.4 is 5.32 Å². The molecule has 8 heteroatoms. The van der Waals surface area contributed by atoms with Gasteiger partial charge >= 0.3 is 0 Å². The molecule has 198 valence electrons. The van der Waals surface area contributed by atoms with Gasteiger partial charge in [-0.15, -0.1) is 10.2 Å². The van der Waals surface area contributed by atoms with Gasteiger partial charge in [0.05, 0.1) is 17.3 Å². The van der Waals surface area contributed by atoms with Gasteiger partial charge in [-0.3, -0.25) is 9.36 Å². The van der Waals surface area contributed by atoms with Crippen LogP contribution in [0.1, 0.15) is 65.5 Å². The molecule has 38 heavy (non-hydrogen) atoms. The number of amides is 1. The molecule has 0 radical (unpaired) electrons. The van der Waals surface area contributed by atoms with Crippen LogP contribution in [0.25, 0.3) is 5.69 Å². The van der Waals surface area contributed by atoms with Crippen LogP contribution in [0.4, 0.5) is 0 Å². The number of aryl methyl sites for hydroxylation is 2. The largest absolute Gasteiger partial charge is 0.345 e. The molecule has 0 aliphatic heterocycles. The predicted molar refractivity (Wildman–Crippen MR) is 158 cm³/mol. The lowest BCUT2D eigenvalue weighted by Gasteiger charge is -2.13. The Balaban J connectivity index is 1.49. The molecule has 4 rings (SSSR count). The molecule has 4 aromatic rings. The Morgan fingerprint density at radius 2 is 1.76 bits per heavy atom. The molecule has 0 fully saturated rings. The van der Waals surface area contributed by atoms with Gasteiger partial charge in [0, 0.05) is 16.3 Å². The summed E-state index contributed by atoms with van der Waals surface area (Å²) in [7, 11) is 0. The third-order valence-corrected chi connectivity index (χ3v) is 7.93. The van der Waals surface area contributed by atoms with Gasteiger partial charge in [-0.25, -0.2) is 0 Å². The van der Waals surface area contributed by atoms with Gasteiger partial charge in [0.25, 0.3) is 5.91 Å². The van der Waals surface area contributed by atoms with Gasteiger partial charge in [0.2, 0.25) is 0 Å². The van der Waals surface area contributed by atoms with Crippen LogP contribution in [0, 0.1) is 6.92 Å². The van der Waals surface area contributed by atoms with E-state index in [4.69, 9.17) is 23.2 Å². The molecular formula is C30H32Cl2N4OS. The van der Waals surface area contributed by atoms with Crippen molar-refractivity contribution in [1.82, 2.24) is 20.1 Å². The minimum absolute atomic E-state index is 0.159. The number of unbranched alkanes of at least 4 members (excludes halogenated alkanes) is 3. The summed E-state index contributed by atoms with van der Waals surface area (Å²) < 4.78 is 1.89. The molecule has 0 spiro atoms. The first-order valence-electron chi connectivity index (χ1n) is 12.9. The Labute approximate surface area is 239 Å². The van der Waals surface area contributed by atoms with E-state index in [1.807, 2.05) is 47.0 Å². The van der Waals surface area contributed by atoms with Crippen molar-refractivity contribution in [3.05, 3.63) is 105 Å². The molecule has 0 aliphatic rings. The zero-order valence-corrected chi connectivity index (χ0v) is 24.0. The van der Waals surface area contributed by atoms with Crippen LogP contribution in [-0.4, -0.2) is 20.7 Å². The van der Waals surface area contributed by atoms with E-state index < -0.39 is 0 Å². The monoisotopic (exact) mass is 566 g/mol. The number of halogens is 2. The number of carbonyl (C=O) groups excluding carboxylic acids is 1. The fourth-order valence-corrected chi connectivity index (χ4v) is 5.70. The average Bonchev–Trinajstić information content (AvgIpc) is 3.32. The van der Waals surface area contributed by atoms with Crippen LogP contribution in [0.2, 0.25) is 10.0 Å². The number of hydrogen-bond acceptors (Lipinski definition) is 4. The highest BCUT2D eigenvalue weighted by molar-refractivity contribution is 7.98. The van der Waals surface area contributed by atoms with Crippen LogP contribution >= 0.6 is 35.0 Å². The second-order valence-electron chi connectivity index (χ2n) is 9.24. The number of nitrogens with one attached hydrogen (secondary N) is 1. The minimum Gasteiger partial charge on any atom is -0.345 e. The van der Waals surface area contributed by atoms with Crippen molar-refractivity contribution in [2.75, 3.05) is 0 Å². The smallest absolute Gasteiger partial charge is 0.251 e. The third kappa shape index (κ3) is 7.40. The lowest BCUT2D eigenvalue weighted by atomic mass is 10.0. The summed E-state index contributed by atoms with van der Waals surface area (Å²) in [5.41, 5.74) is 5.02. The standard InChI is InChI=1S/C30H32Cl2N4OS/c1-3-4-5-6-10-22-12-14-23(15-13-22)29(37)33-19-28-34-35-30(38-20-24-11-8-7-9-21(24)2)36(28)27-17-16-25(31)18-26(27)32/h7-9,11-18H,3-6,10,19-20H2,1-2H3,(H,33,37). The molecule has 1 N–H and O–H groups in total. The first-order valence-corrected chi connectivity index (χ1v) is 14.6. The maximum absolute atomic E-state index is 12.9. The molecule has 5 nitrogen and oxygen atoms in total. The maximum atomic E-state index is 12.9. The normalized spacial score (nSPS) is 11.1. The SMILES string of the molecule is CCCCCCc1ccc(C(=O)NCc2nnc(SCc3ccccc3C)n2-c2ccc(Cl)cc2Cl)cc1. The Morgan fingerprint density at radius 1 is 0.974 bits per heavy atom. The molecule has 1 heterocycles. The zero-order chi connectivity index (χ0) is 26.9. The van der Waals surface area contributed by atoms with E-state index >= 15 is 0 Å². The van der Waals surface area contributed by atoms with Crippen molar-refractivity contribution in [2.45, 2.75) is 63.4 Å². The summed E-state index contributed by atoms with van der Waals surface area (Å²) in [6, 6.07) is 21.4. The van der Waals surface area contributed by atoms with Gasteiger partial charge in [-0.1, -0.05) is 97.5 Å². The summed E-state index contributed by atoms with van der Waals surface area (Å²) in [5.74, 6) is 1.16. The summed E-state index contributed by atoms with van der Waals surface area (Å²) in [4.78, 5) is 12.9. The van der Waals surface area contributed by atoms with Crippen molar-refractivity contribution in [3.63, 3.8) is 0 Å². The van der Waals surface area contributed by atoms with Crippen molar-refractivity contribution < 1.29 is 4.79 Å². The molecule has 0 unspecified atom stereocenters. The topological polar surface area (TPSA) is 59.8 Å². The van der Waals surface area contributed by atoms with Crippen LogP contribution in [0.3, 0.4) is 0 Å². The fraction of sp³-hybridized carbons (Fsp3) is 0.300. The van der Waals surface area contributed by atoms with E-state index in [-0.39, 0.29) is 12.5 Å². The number of nitrogens with zero attached hydrogens (tertiary/aromatic N) is 3. The molecule has 0 saturated carbocycles. The Bertz CT molecular complexity index is 1370.